The molecular formula is C12H23FO2. The molecule has 1 rings (SSSR count). The molecule has 5 unspecified atom stereocenters. The molecule has 1 fully saturated rings. The summed E-state index contributed by atoms with van der Waals surface area (Å²) in [5.41, 5.74) is 0. The average molecular weight is 218 g/mol. The van der Waals surface area contributed by atoms with Crippen LogP contribution in [0.15, 0.2) is 0 Å². The van der Waals surface area contributed by atoms with Gasteiger partial charge in [-0.1, -0.05) is 0 Å². The first kappa shape index (κ1) is 12.9. The van der Waals surface area contributed by atoms with Crippen molar-refractivity contribution in [2.45, 2.75) is 64.3 Å². The second-order valence-electron chi connectivity index (χ2n) is 5.12. The predicted octanol–water partition coefficient (Wildman–Crippen LogP) is 2.28. The van der Waals surface area contributed by atoms with Crippen LogP contribution in [0.4, 0.5) is 4.39 Å². The number of halogens is 1. The molecule has 15 heavy (non-hydrogen) atoms. The Labute approximate surface area is 91.5 Å². The van der Waals surface area contributed by atoms with Crippen molar-refractivity contribution in [1.29, 1.82) is 0 Å². The maximum atomic E-state index is 13.7. The van der Waals surface area contributed by atoms with E-state index in [0.717, 1.165) is 12.8 Å². The number of hydrogen-bond acceptors (Lipinski definition) is 2. The fourth-order valence-electron chi connectivity index (χ4n) is 2.66. The Morgan fingerprint density at radius 1 is 1.13 bits per heavy atom. The maximum Gasteiger partial charge on any atom is 0.103 e. The molecule has 0 aromatic rings. The first-order chi connectivity index (χ1) is 6.99. The number of alkyl halides is 1. The average Bonchev–Trinajstić information content (AvgIpc) is 2.08. The molecule has 0 amide bonds. The van der Waals surface area contributed by atoms with Gasteiger partial charge < -0.3 is 10.2 Å². The van der Waals surface area contributed by atoms with Gasteiger partial charge in [0.15, 0.2) is 0 Å². The van der Waals surface area contributed by atoms with Crippen molar-refractivity contribution in [3.8, 4) is 0 Å². The molecule has 0 radical (unpaired) electrons. The van der Waals surface area contributed by atoms with E-state index in [0.29, 0.717) is 25.2 Å². The molecule has 2 nitrogen and oxygen atoms in total. The fraction of sp³-hybridized carbons (Fsp3) is 1.00. The van der Waals surface area contributed by atoms with Gasteiger partial charge in [-0.25, -0.2) is 4.39 Å². The van der Waals surface area contributed by atoms with Gasteiger partial charge in [0, 0.05) is 0 Å². The Hall–Kier alpha value is -0.150. The van der Waals surface area contributed by atoms with Crippen LogP contribution in [-0.2, 0) is 0 Å². The quantitative estimate of drug-likeness (QED) is 0.760. The zero-order chi connectivity index (χ0) is 11.4. The van der Waals surface area contributed by atoms with Gasteiger partial charge in [0.05, 0.1) is 12.2 Å². The monoisotopic (exact) mass is 218 g/mol. The third kappa shape index (κ3) is 4.47. The van der Waals surface area contributed by atoms with Crippen molar-refractivity contribution in [3.63, 3.8) is 0 Å². The van der Waals surface area contributed by atoms with Gasteiger partial charge in [-0.05, 0) is 57.8 Å². The van der Waals surface area contributed by atoms with Crippen LogP contribution in [0, 0.1) is 11.8 Å². The molecule has 3 heteroatoms. The van der Waals surface area contributed by atoms with Crippen LogP contribution in [0.3, 0.4) is 0 Å². The summed E-state index contributed by atoms with van der Waals surface area (Å²) in [6, 6.07) is 0. The minimum absolute atomic E-state index is 0.0234. The zero-order valence-electron chi connectivity index (χ0n) is 9.69. The van der Waals surface area contributed by atoms with Gasteiger partial charge in [0.1, 0.15) is 6.17 Å². The lowest BCUT2D eigenvalue weighted by Crippen LogP contribution is -2.29. The molecule has 0 saturated heterocycles. The van der Waals surface area contributed by atoms with Crippen LogP contribution in [0.2, 0.25) is 0 Å². The Bertz CT molecular complexity index is 182. The fourth-order valence-corrected chi connectivity index (χ4v) is 2.66. The molecule has 0 aromatic carbocycles. The van der Waals surface area contributed by atoms with E-state index in [9.17, 15) is 14.6 Å². The first-order valence-corrected chi connectivity index (χ1v) is 5.99. The summed E-state index contributed by atoms with van der Waals surface area (Å²) in [4.78, 5) is 0. The minimum atomic E-state index is -0.794. The number of hydrogen-bond donors (Lipinski definition) is 2. The predicted molar refractivity (Wildman–Crippen MR) is 58.3 cm³/mol. The highest BCUT2D eigenvalue weighted by Gasteiger charge is 2.31. The van der Waals surface area contributed by atoms with Crippen molar-refractivity contribution in [2.24, 2.45) is 11.8 Å². The summed E-state index contributed by atoms with van der Waals surface area (Å²) >= 11 is 0. The summed E-state index contributed by atoms with van der Waals surface area (Å²) in [7, 11) is 0. The second kappa shape index (κ2) is 5.80. The van der Waals surface area contributed by atoms with Crippen molar-refractivity contribution < 1.29 is 14.6 Å². The molecule has 1 saturated carbocycles. The Kier molecular flexibility index (Phi) is 5.00. The summed E-state index contributed by atoms with van der Waals surface area (Å²) in [6.45, 7) is 3.48. The van der Waals surface area contributed by atoms with E-state index in [1.807, 2.05) is 0 Å². The SMILES string of the molecule is CC(O)CC1CCC(CC(C)O)C(F)C1. The third-order valence-electron chi connectivity index (χ3n) is 3.33. The zero-order valence-corrected chi connectivity index (χ0v) is 9.69. The standard InChI is InChI=1S/C12H23FO2/c1-8(14)5-10-3-4-11(6-9(2)15)12(13)7-10/h8-12,14-15H,3-7H2,1-2H3. The van der Waals surface area contributed by atoms with Crippen LogP contribution in [0.5, 0.6) is 0 Å². The van der Waals surface area contributed by atoms with E-state index < -0.39 is 12.3 Å². The molecule has 0 aliphatic heterocycles. The highest BCUT2D eigenvalue weighted by atomic mass is 19.1. The number of rotatable bonds is 4. The summed E-state index contributed by atoms with van der Waals surface area (Å²) < 4.78 is 13.7. The molecule has 5 atom stereocenters. The van der Waals surface area contributed by atoms with E-state index in [1.54, 1.807) is 13.8 Å². The molecule has 0 aromatic heterocycles. The van der Waals surface area contributed by atoms with Crippen LogP contribution < -0.4 is 0 Å². The maximum absolute atomic E-state index is 13.7. The van der Waals surface area contributed by atoms with E-state index in [2.05, 4.69) is 0 Å². The van der Waals surface area contributed by atoms with Crippen molar-refractivity contribution >= 4 is 0 Å². The Morgan fingerprint density at radius 2 is 1.73 bits per heavy atom. The molecule has 0 heterocycles. The lowest BCUT2D eigenvalue weighted by molar-refractivity contribution is 0.0582. The molecule has 0 bridgehead atoms. The molecule has 1 aliphatic rings. The van der Waals surface area contributed by atoms with Crippen molar-refractivity contribution in [3.05, 3.63) is 0 Å². The third-order valence-corrected chi connectivity index (χ3v) is 3.33. The highest BCUT2D eigenvalue weighted by molar-refractivity contribution is 4.81. The largest absolute Gasteiger partial charge is 0.393 e. The van der Waals surface area contributed by atoms with Crippen molar-refractivity contribution in [1.82, 2.24) is 0 Å². The lowest BCUT2D eigenvalue weighted by Gasteiger charge is -2.32. The smallest absolute Gasteiger partial charge is 0.103 e. The molecular weight excluding hydrogens is 195 g/mol. The molecule has 90 valence electrons. The number of aliphatic hydroxyl groups excluding tert-OH is 2. The minimum Gasteiger partial charge on any atom is -0.393 e. The van der Waals surface area contributed by atoms with Gasteiger partial charge >= 0.3 is 0 Å². The normalized spacial score (nSPS) is 36.2. The summed E-state index contributed by atoms with van der Waals surface area (Å²) in [5, 5.41) is 18.5. The van der Waals surface area contributed by atoms with Gasteiger partial charge in [-0.15, -0.1) is 0 Å². The molecule has 1 aliphatic carbocycles. The Balaban J connectivity index is 2.34. The van der Waals surface area contributed by atoms with Crippen LogP contribution in [0.1, 0.15) is 46.0 Å². The highest BCUT2D eigenvalue weighted by Crippen LogP contribution is 2.35. The van der Waals surface area contributed by atoms with Gasteiger partial charge in [-0.2, -0.15) is 0 Å². The van der Waals surface area contributed by atoms with E-state index in [-0.39, 0.29) is 12.0 Å². The number of aliphatic hydroxyl groups is 2. The lowest BCUT2D eigenvalue weighted by atomic mass is 9.76. The molecule has 2 N–H and O–H groups in total. The van der Waals surface area contributed by atoms with Crippen LogP contribution in [0.25, 0.3) is 0 Å². The molecule has 0 spiro atoms. The van der Waals surface area contributed by atoms with E-state index >= 15 is 0 Å². The van der Waals surface area contributed by atoms with Gasteiger partial charge in [0.25, 0.3) is 0 Å². The first-order valence-electron chi connectivity index (χ1n) is 5.99. The van der Waals surface area contributed by atoms with E-state index in [4.69, 9.17) is 0 Å². The van der Waals surface area contributed by atoms with E-state index in [1.165, 1.54) is 0 Å². The summed E-state index contributed by atoms with van der Waals surface area (Å²) in [5.74, 6) is 0.348. The van der Waals surface area contributed by atoms with Crippen LogP contribution in [-0.4, -0.2) is 28.6 Å². The Morgan fingerprint density at radius 3 is 2.20 bits per heavy atom. The van der Waals surface area contributed by atoms with Crippen molar-refractivity contribution in [2.75, 3.05) is 0 Å². The van der Waals surface area contributed by atoms with Gasteiger partial charge in [0.2, 0.25) is 0 Å². The topological polar surface area (TPSA) is 40.5 Å². The van der Waals surface area contributed by atoms with Crippen LogP contribution >= 0.6 is 0 Å². The second-order valence-corrected chi connectivity index (χ2v) is 5.12. The summed E-state index contributed by atoms with van der Waals surface area (Å²) in [6.07, 6.45) is 2.16. The van der Waals surface area contributed by atoms with Gasteiger partial charge in [-0.3, -0.25) is 0 Å².